The van der Waals surface area contributed by atoms with Gasteiger partial charge in [0.05, 0.1) is 0 Å². The second kappa shape index (κ2) is 6.33. The quantitative estimate of drug-likeness (QED) is 0.165. The minimum absolute atomic E-state index is 0.721. The van der Waals surface area contributed by atoms with Crippen LogP contribution in [0.15, 0.2) is 18.2 Å². The Kier molecular flexibility index (Phi) is 6.52. The molecule has 0 radical (unpaired) electrons. The van der Waals surface area contributed by atoms with E-state index in [9.17, 15) is 0 Å². The van der Waals surface area contributed by atoms with Crippen LogP contribution in [0.25, 0.3) is 11.1 Å². The van der Waals surface area contributed by atoms with Crippen molar-refractivity contribution in [3.63, 3.8) is 0 Å². The van der Waals surface area contributed by atoms with Gasteiger partial charge in [-0.3, -0.25) is 0 Å². The van der Waals surface area contributed by atoms with Gasteiger partial charge in [0.1, 0.15) is 0 Å². The van der Waals surface area contributed by atoms with Crippen LogP contribution in [-0.4, -0.2) is 0.564 Å². The van der Waals surface area contributed by atoms with Crippen LogP contribution >= 0.6 is 88.0 Å². The molecule has 0 nitrogen and oxygen atoms in total. The molecule has 2 rings (SSSR count). The maximum atomic E-state index is 2.55. The summed E-state index contributed by atoms with van der Waals surface area (Å²) in [5.74, 6) is 0. The van der Waals surface area contributed by atoms with E-state index in [1.54, 1.807) is 0 Å². The third kappa shape index (κ3) is 5.12. The molecule has 0 saturated heterocycles. The summed E-state index contributed by atoms with van der Waals surface area (Å²) < 4.78 is 0.435. The monoisotopic (exact) mass is 654 g/mol. The highest BCUT2D eigenvalue weighted by molar-refractivity contribution is 14.4. The van der Waals surface area contributed by atoms with Gasteiger partial charge in [-0.05, 0) is 28.8 Å². The van der Waals surface area contributed by atoms with Gasteiger partial charge in [-0.25, -0.2) is 0 Å². The van der Waals surface area contributed by atoms with Crippen molar-refractivity contribution < 1.29 is 0 Å². The van der Waals surface area contributed by atoms with Gasteiger partial charge in [-0.2, -0.15) is 0 Å². The molecule has 0 unspecified atom stereocenters. The minimum Gasteiger partial charge on any atom is -0.0910 e. The highest BCUT2D eigenvalue weighted by Crippen LogP contribution is 2.38. The van der Waals surface area contributed by atoms with E-state index in [1.807, 2.05) is 0 Å². The number of benzene rings is 1. The normalized spacial score (nSPS) is 11.8. The molecule has 0 spiro atoms. The van der Waals surface area contributed by atoms with Gasteiger partial charge in [-0.1, -0.05) is 107 Å². The molecule has 5 heteroatoms. The zero-order valence-corrected chi connectivity index (χ0v) is 17.3. The van der Waals surface area contributed by atoms with E-state index in [0.29, 0.717) is 0 Å². The fourth-order valence-electron chi connectivity index (χ4n) is 0.932. The van der Waals surface area contributed by atoms with Gasteiger partial charge in [0.15, 0.2) is 0 Å². The number of alkyl halides is 1. The molecule has 14 heavy (non-hydrogen) atoms. The third-order valence-electron chi connectivity index (χ3n) is 1.88. The van der Waals surface area contributed by atoms with Crippen LogP contribution in [0.5, 0.6) is 0 Å². The highest BCUT2D eigenvalue weighted by atomic mass is 127. The summed E-state index contributed by atoms with van der Waals surface area (Å²) in [7, 11) is 0. The summed E-state index contributed by atoms with van der Waals surface area (Å²) in [6.45, 7) is 2.25. The number of fused-ring (bicyclic) bond motifs is 1. The Labute approximate surface area is 138 Å². The second-order valence-electron chi connectivity index (χ2n) is 2.97. The summed E-state index contributed by atoms with van der Waals surface area (Å²) >= 11 is 10.0. The van der Waals surface area contributed by atoms with Crippen LogP contribution in [0.4, 0.5) is 0 Å². The van der Waals surface area contributed by atoms with Crippen molar-refractivity contribution in [1.82, 2.24) is 0 Å². The molecule has 0 N–H and O–H groups in total. The zero-order chi connectivity index (χ0) is 10.8. The molecule has 0 aromatic heterocycles. The average Bonchev–Trinajstić information content (AvgIpc) is 2.79. The van der Waals surface area contributed by atoms with E-state index in [-0.39, 0.29) is 0 Å². The number of rotatable bonds is 2. The van der Waals surface area contributed by atoms with Crippen molar-refractivity contribution in [3.8, 4) is 11.1 Å². The number of hydrogen-bond donors (Lipinski definition) is 0. The number of hydrogen-bond acceptors (Lipinski definition) is 0. The van der Waals surface area contributed by atoms with Crippen molar-refractivity contribution >= 4 is 88.5 Å². The Balaban J connectivity index is 0.000000149. The van der Waals surface area contributed by atoms with Crippen molar-refractivity contribution in [2.45, 2.75) is 17.4 Å². The minimum atomic E-state index is -0.721. The van der Waals surface area contributed by atoms with Gasteiger partial charge >= 0.3 is 0 Å². The van der Waals surface area contributed by atoms with Crippen LogP contribution in [0.1, 0.15) is 12.5 Å². The van der Waals surface area contributed by atoms with E-state index in [1.165, 1.54) is 22.7 Å². The smallest absolute Gasteiger partial charge is 0.0910 e. The summed E-state index contributed by atoms with van der Waals surface area (Å²) in [5, 5.41) is 0. The Morgan fingerprint density at radius 3 is 1.93 bits per heavy atom. The van der Waals surface area contributed by atoms with Crippen LogP contribution in [-0.2, 0) is 4.43 Å². The lowest BCUT2D eigenvalue weighted by molar-refractivity contribution is 1.47. The molecule has 0 aromatic carbocycles. The largest absolute Gasteiger partial charge is 0.253 e. The van der Waals surface area contributed by atoms with Crippen LogP contribution < -0.4 is 0 Å². The Morgan fingerprint density at radius 1 is 1.21 bits per heavy atom. The first kappa shape index (κ1) is 14.4. The molecule has 0 saturated carbocycles. The molecular weight excluding hydrogens is 644 g/mol. The second-order valence-corrected chi connectivity index (χ2v) is 40.8. The van der Waals surface area contributed by atoms with Crippen LogP contribution in [0, 0.1) is 0 Å². The van der Waals surface area contributed by atoms with E-state index in [0.717, 1.165) is 4.43 Å². The standard InChI is InChI=1S/C7H5I.C2H5I3Si/c8-4-6-2-1-5-3-7(5)6;1-2-6(3,4)5/h1-3H,4H2;2H2,1H3. The van der Waals surface area contributed by atoms with Crippen molar-refractivity contribution in [3.05, 3.63) is 23.8 Å². The van der Waals surface area contributed by atoms with Gasteiger partial charge in [0.2, 0.25) is 0 Å². The first-order valence-electron chi connectivity index (χ1n) is 4.24. The van der Waals surface area contributed by atoms with E-state index >= 15 is 0 Å². The Bertz CT molecular complexity index is 319. The molecule has 0 fully saturated rings. The predicted molar refractivity (Wildman–Crippen MR) is 101 cm³/mol. The third-order valence-corrected chi connectivity index (χ3v) is 10.4. The van der Waals surface area contributed by atoms with Crippen molar-refractivity contribution in [1.29, 1.82) is 0 Å². The molecule has 0 aromatic rings. The van der Waals surface area contributed by atoms with E-state index in [4.69, 9.17) is 0 Å². The highest BCUT2D eigenvalue weighted by Gasteiger charge is 2.16. The summed E-state index contributed by atoms with van der Waals surface area (Å²) in [5.41, 5.74) is 4.46. The van der Waals surface area contributed by atoms with Gasteiger partial charge in [-0.15, -0.1) is 0 Å². The lowest BCUT2D eigenvalue weighted by Gasteiger charge is -2.00. The maximum Gasteiger partial charge on any atom is 0.253 e. The molecule has 0 bridgehead atoms. The predicted octanol–water partition coefficient (Wildman–Crippen LogP) is 5.85. The lowest BCUT2D eigenvalue weighted by atomic mass is 10.3. The summed E-state index contributed by atoms with van der Waals surface area (Å²) in [6.07, 6.45) is 0. The lowest BCUT2D eigenvalue weighted by Crippen LogP contribution is -1.99. The van der Waals surface area contributed by atoms with E-state index in [2.05, 4.69) is 113 Å². The van der Waals surface area contributed by atoms with Gasteiger partial charge < -0.3 is 0 Å². The molecule has 0 heterocycles. The molecule has 78 valence electrons. The SMILES string of the molecule is CC[Si](I)(I)I.ICc1ccc2cc1-2. The molecule has 0 amide bonds. The Hall–Kier alpha value is 2.36. The summed E-state index contributed by atoms with van der Waals surface area (Å²) in [6, 6.07) is 7.99. The Morgan fingerprint density at radius 2 is 1.79 bits per heavy atom. The first-order valence-corrected chi connectivity index (χ1v) is 17.3. The van der Waals surface area contributed by atoms with Crippen molar-refractivity contribution in [2.24, 2.45) is 0 Å². The molecule has 0 atom stereocenters. The zero-order valence-electron chi connectivity index (χ0n) is 7.66. The topological polar surface area (TPSA) is 0 Å². The van der Waals surface area contributed by atoms with Crippen LogP contribution in [0.2, 0.25) is 6.04 Å². The van der Waals surface area contributed by atoms with E-state index < -0.39 is 0.564 Å². The maximum absolute atomic E-state index is 2.55. The molecule has 0 aliphatic heterocycles. The fourth-order valence-corrected chi connectivity index (χ4v) is 1.60. The van der Waals surface area contributed by atoms with Crippen LogP contribution in [0.3, 0.4) is 0 Å². The van der Waals surface area contributed by atoms with Crippen molar-refractivity contribution in [2.75, 3.05) is 0 Å². The summed E-state index contributed by atoms with van der Waals surface area (Å²) in [4.78, 5) is 0. The molecule has 2 aliphatic rings. The van der Waals surface area contributed by atoms with Gasteiger partial charge in [0, 0.05) is 4.43 Å². The fraction of sp³-hybridized carbons (Fsp3) is 0.333. The molecule has 2 aliphatic carbocycles. The first-order chi connectivity index (χ1) is 6.48. The van der Waals surface area contributed by atoms with Gasteiger partial charge in [0.25, 0.3) is 0.564 Å². The number of halogens is 4. The average molecular weight is 654 g/mol. The molecular formula is C9H10I4Si.